The Morgan fingerprint density at radius 3 is 2.36 bits per heavy atom. The van der Waals surface area contributed by atoms with E-state index in [1.165, 1.54) is 22.9 Å². The van der Waals surface area contributed by atoms with Crippen molar-refractivity contribution in [1.29, 1.82) is 0 Å². The molecular formula is C18H16Cl3N2NaO8P. The number of halogens is 3. The Morgan fingerprint density at radius 1 is 1.15 bits per heavy atom. The number of para-hydroxylation sites is 1. The summed E-state index contributed by atoms with van der Waals surface area (Å²) >= 11 is 19.1. The van der Waals surface area contributed by atoms with Crippen LogP contribution in [0.3, 0.4) is 0 Å². The van der Waals surface area contributed by atoms with Gasteiger partial charge < -0.3 is 29.3 Å². The summed E-state index contributed by atoms with van der Waals surface area (Å²) in [6.07, 6.45) is -0.0440. The third kappa shape index (κ3) is 6.70. The quantitative estimate of drug-likeness (QED) is 0.245. The van der Waals surface area contributed by atoms with E-state index in [1.807, 2.05) is 0 Å². The molecule has 0 fully saturated rings. The largest absolute Gasteiger partial charge is 0.474 e. The molecular weight excluding hydrogens is 533 g/mol. The standard InChI is InChI=1S/C18H16Cl3N2O8P.Na/c19-11-2-1-3-12(20)16(11)23-9(7-31-32(27,28)29)4-14(26)15-17(23)13(21)5-22-18(15)30-8-10(25)6-24;/h1-5,10,24-25H,6-8H2,(H2,27,28,29);. The summed E-state index contributed by atoms with van der Waals surface area (Å²) in [6.45, 7) is -1.63. The number of benzene rings is 1. The first-order chi connectivity index (χ1) is 15.0. The molecule has 173 valence electrons. The van der Waals surface area contributed by atoms with Crippen LogP contribution in [-0.4, -0.2) is 78.4 Å². The molecule has 0 amide bonds. The number of hydrogen-bond acceptors (Lipinski definition) is 7. The first-order valence-corrected chi connectivity index (χ1v) is 11.5. The van der Waals surface area contributed by atoms with Crippen LogP contribution in [-0.2, 0) is 15.7 Å². The van der Waals surface area contributed by atoms with Gasteiger partial charge in [0.15, 0.2) is 5.43 Å². The van der Waals surface area contributed by atoms with E-state index in [2.05, 4.69) is 9.51 Å². The molecule has 2 heterocycles. The van der Waals surface area contributed by atoms with Crippen LogP contribution in [0.25, 0.3) is 16.6 Å². The minimum Gasteiger partial charge on any atom is -0.474 e. The Kier molecular flexibility index (Phi) is 10.2. The molecule has 1 atom stereocenters. The fourth-order valence-corrected chi connectivity index (χ4v) is 3.98. The minimum absolute atomic E-state index is 0. The number of aliphatic hydroxyl groups excluding tert-OH is 2. The molecule has 2 aromatic heterocycles. The molecule has 0 saturated heterocycles. The first kappa shape index (κ1) is 28.5. The number of ether oxygens (including phenoxy) is 1. The van der Waals surface area contributed by atoms with Gasteiger partial charge >= 0.3 is 7.82 Å². The van der Waals surface area contributed by atoms with Crippen LogP contribution >= 0.6 is 42.6 Å². The topological polar surface area (TPSA) is 151 Å². The molecule has 15 heteroatoms. The molecule has 0 aliphatic rings. The molecule has 1 unspecified atom stereocenters. The van der Waals surface area contributed by atoms with Crippen LogP contribution in [0.2, 0.25) is 15.1 Å². The zero-order chi connectivity index (χ0) is 23.6. The summed E-state index contributed by atoms with van der Waals surface area (Å²) in [7, 11) is -4.89. The van der Waals surface area contributed by atoms with E-state index < -0.39 is 32.6 Å². The molecule has 0 aliphatic carbocycles. The van der Waals surface area contributed by atoms with Gasteiger partial charge in [-0.15, -0.1) is 0 Å². The fraction of sp³-hybridized carbons (Fsp3) is 0.222. The summed E-state index contributed by atoms with van der Waals surface area (Å²) in [4.78, 5) is 35.2. The van der Waals surface area contributed by atoms with Gasteiger partial charge in [0, 0.05) is 35.6 Å². The Bertz CT molecular complexity index is 1250. The molecule has 0 spiro atoms. The summed E-state index contributed by atoms with van der Waals surface area (Å²) in [5, 5.41) is 18.7. The summed E-state index contributed by atoms with van der Waals surface area (Å²) in [6, 6.07) is 5.67. The van der Waals surface area contributed by atoms with Crippen molar-refractivity contribution in [2.24, 2.45) is 0 Å². The summed E-state index contributed by atoms with van der Waals surface area (Å²) in [5.74, 6) is -0.193. The maximum atomic E-state index is 12.9. The predicted octanol–water partition coefficient (Wildman–Crippen LogP) is 2.31. The number of aromatic nitrogens is 2. The van der Waals surface area contributed by atoms with Gasteiger partial charge in [-0.3, -0.25) is 9.32 Å². The van der Waals surface area contributed by atoms with Gasteiger partial charge in [0.25, 0.3) is 0 Å². The third-order valence-corrected chi connectivity index (χ3v) is 5.54. The average molecular weight is 549 g/mol. The number of hydrogen-bond donors (Lipinski definition) is 4. The number of rotatable bonds is 8. The number of pyridine rings is 2. The van der Waals surface area contributed by atoms with Crippen LogP contribution in [0.4, 0.5) is 0 Å². The van der Waals surface area contributed by atoms with E-state index in [1.54, 1.807) is 6.07 Å². The Hall–Kier alpha value is -0.720. The van der Waals surface area contributed by atoms with Crippen molar-refractivity contribution in [1.82, 2.24) is 9.55 Å². The van der Waals surface area contributed by atoms with Gasteiger partial charge in [-0.25, -0.2) is 9.55 Å². The predicted molar refractivity (Wildman–Crippen MR) is 124 cm³/mol. The van der Waals surface area contributed by atoms with Crippen molar-refractivity contribution in [3.8, 4) is 11.6 Å². The zero-order valence-electron chi connectivity index (χ0n) is 17.0. The van der Waals surface area contributed by atoms with Crippen LogP contribution in [0.1, 0.15) is 5.69 Å². The second kappa shape index (κ2) is 11.8. The van der Waals surface area contributed by atoms with Gasteiger partial charge in [0.05, 0.1) is 51.4 Å². The number of phosphoric acid groups is 1. The molecule has 1 aromatic carbocycles. The SMILES string of the molecule is O=c1cc(COP(=O)(O)O)n(-c2c(Cl)cccc2Cl)c2c(Cl)cnc(OCC(O)CO)c12.[Na]. The molecule has 10 nitrogen and oxygen atoms in total. The third-order valence-electron chi connectivity index (χ3n) is 4.19. The molecule has 33 heavy (non-hydrogen) atoms. The molecule has 3 aromatic rings. The smallest absolute Gasteiger partial charge is 0.469 e. The van der Waals surface area contributed by atoms with E-state index in [4.69, 9.17) is 54.4 Å². The molecule has 0 saturated carbocycles. The van der Waals surface area contributed by atoms with Gasteiger partial charge in [-0.2, -0.15) is 0 Å². The van der Waals surface area contributed by atoms with Crippen molar-refractivity contribution >= 4 is 83.1 Å². The maximum absolute atomic E-state index is 12.9. The van der Waals surface area contributed by atoms with Gasteiger partial charge in [-0.05, 0) is 12.1 Å². The normalized spacial score (nSPS) is 12.5. The molecule has 0 bridgehead atoms. The minimum atomic E-state index is -4.89. The van der Waals surface area contributed by atoms with E-state index in [9.17, 15) is 14.5 Å². The molecule has 3 rings (SSSR count). The molecule has 1 radical (unpaired) electrons. The van der Waals surface area contributed by atoms with E-state index >= 15 is 0 Å². The van der Waals surface area contributed by atoms with E-state index in [-0.39, 0.29) is 79.4 Å². The van der Waals surface area contributed by atoms with Gasteiger partial charge in [0.1, 0.15) is 18.1 Å². The number of nitrogens with zero attached hydrogens (tertiary/aromatic N) is 2. The number of fused-ring (bicyclic) bond motifs is 1. The van der Waals surface area contributed by atoms with Crippen molar-refractivity contribution in [3.05, 3.63) is 61.4 Å². The average Bonchev–Trinajstić information content (AvgIpc) is 2.72. The second-order valence-electron chi connectivity index (χ2n) is 6.45. The second-order valence-corrected chi connectivity index (χ2v) is 8.91. The van der Waals surface area contributed by atoms with Crippen molar-refractivity contribution in [2.75, 3.05) is 13.2 Å². The van der Waals surface area contributed by atoms with E-state index in [0.29, 0.717) is 0 Å². The monoisotopic (exact) mass is 547 g/mol. The fourth-order valence-electron chi connectivity index (χ4n) is 2.89. The Balaban J connectivity index is 0.00000385. The van der Waals surface area contributed by atoms with Crippen LogP contribution in [0, 0.1) is 0 Å². The summed E-state index contributed by atoms with van der Waals surface area (Å²) in [5.41, 5.74) is -0.482. The maximum Gasteiger partial charge on any atom is 0.469 e. The van der Waals surface area contributed by atoms with Crippen LogP contribution < -0.4 is 10.2 Å². The van der Waals surface area contributed by atoms with Gasteiger partial charge in [0.2, 0.25) is 5.88 Å². The van der Waals surface area contributed by atoms with Crippen LogP contribution in [0.15, 0.2) is 35.3 Å². The molecule has 4 N–H and O–H groups in total. The van der Waals surface area contributed by atoms with Crippen molar-refractivity contribution < 1.29 is 33.8 Å². The first-order valence-electron chi connectivity index (χ1n) is 8.82. The number of aliphatic hydroxyl groups is 2. The number of phosphoric ester groups is 1. The Labute approximate surface area is 224 Å². The van der Waals surface area contributed by atoms with Crippen molar-refractivity contribution in [2.45, 2.75) is 12.7 Å². The molecule has 0 aliphatic heterocycles. The Morgan fingerprint density at radius 2 is 1.79 bits per heavy atom. The van der Waals surface area contributed by atoms with Crippen LogP contribution in [0.5, 0.6) is 5.88 Å². The summed E-state index contributed by atoms with van der Waals surface area (Å²) < 4.78 is 22.6. The van der Waals surface area contributed by atoms with E-state index in [0.717, 1.165) is 6.07 Å². The zero-order valence-corrected chi connectivity index (χ0v) is 22.1. The van der Waals surface area contributed by atoms with Crippen molar-refractivity contribution in [3.63, 3.8) is 0 Å². The van der Waals surface area contributed by atoms with Gasteiger partial charge in [-0.1, -0.05) is 40.9 Å².